The molecule has 0 radical (unpaired) electrons. The minimum Gasteiger partial charge on any atom is -0.389 e. The molecule has 0 bridgehead atoms. The summed E-state index contributed by atoms with van der Waals surface area (Å²) in [7, 11) is 0. The van der Waals surface area contributed by atoms with Crippen LogP contribution in [0.25, 0.3) is 5.82 Å². The van der Waals surface area contributed by atoms with Gasteiger partial charge in [0.2, 0.25) is 0 Å². The van der Waals surface area contributed by atoms with Crippen LogP contribution in [0.4, 0.5) is 0 Å². The van der Waals surface area contributed by atoms with Gasteiger partial charge in [0.25, 0.3) is 0 Å². The number of nitrogens with zero attached hydrogens (tertiary/aromatic N) is 4. The van der Waals surface area contributed by atoms with Crippen LogP contribution in [0, 0.1) is 6.92 Å². The maximum absolute atomic E-state index is 6.41. The Bertz CT molecular complexity index is 660. The number of nitrogens with two attached hydrogens (primary N) is 1. The number of hydrogen-bond donors (Lipinski definition) is 1. The predicted octanol–water partition coefficient (Wildman–Crippen LogP) is 2.16. The molecule has 0 saturated heterocycles. The number of thioether (sulfide) groups is 1. The van der Waals surface area contributed by atoms with Crippen LogP contribution in [-0.2, 0) is 6.54 Å². The van der Waals surface area contributed by atoms with E-state index in [9.17, 15) is 0 Å². The molecule has 0 spiro atoms. The molecule has 0 fully saturated rings. The molecule has 3 rings (SSSR count). The Kier molecular flexibility index (Phi) is 3.28. The fourth-order valence-electron chi connectivity index (χ4n) is 2.09. The smallest absolute Gasteiger partial charge is 0.195 e. The highest BCUT2D eigenvalue weighted by molar-refractivity contribution is 7.99. The number of hydrogen-bond acceptors (Lipinski definition) is 4. The van der Waals surface area contributed by atoms with Gasteiger partial charge in [-0.05, 0) is 13.3 Å². The maximum atomic E-state index is 6.41. The van der Waals surface area contributed by atoms with Crippen LogP contribution in [0.15, 0.2) is 11.2 Å². The lowest BCUT2D eigenvalue weighted by molar-refractivity contribution is 0.543. The highest BCUT2D eigenvalue weighted by Gasteiger charge is 2.23. The van der Waals surface area contributed by atoms with E-state index in [0.717, 1.165) is 35.0 Å². The summed E-state index contributed by atoms with van der Waals surface area (Å²) in [6.07, 6.45) is 2.75. The van der Waals surface area contributed by atoms with Crippen LogP contribution in [0.3, 0.4) is 0 Å². The average molecular weight is 314 g/mol. The summed E-state index contributed by atoms with van der Waals surface area (Å²) in [5, 5.41) is 10.5. The summed E-state index contributed by atoms with van der Waals surface area (Å²) >= 11 is 13.1. The Morgan fingerprint density at radius 3 is 3.00 bits per heavy atom. The van der Waals surface area contributed by atoms with Crippen molar-refractivity contribution in [1.29, 1.82) is 0 Å². The lowest BCUT2D eigenvalue weighted by Crippen LogP contribution is -2.11. The average Bonchev–Trinajstić information content (AvgIpc) is 2.91. The van der Waals surface area contributed by atoms with E-state index in [2.05, 4.69) is 10.2 Å². The number of rotatable bonds is 2. The minimum atomic E-state index is 0.332. The Morgan fingerprint density at radius 2 is 2.37 bits per heavy atom. The molecule has 0 atom stereocenters. The summed E-state index contributed by atoms with van der Waals surface area (Å²) in [5.74, 6) is 1.72. The quantitative estimate of drug-likeness (QED) is 0.861. The van der Waals surface area contributed by atoms with Gasteiger partial charge in [-0.1, -0.05) is 23.8 Å². The fraction of sp³-hybridized carbons (Fsp3) is 0.364. The Labute approximate surface area is 125 Å². The van der Waals surface area contributed by atoms with E-state index in [-0.39, 0.29) is 0 Å². The van der Waals surface area contributed by atoms with E-state index < -0.39 is 0 Å². The Morgan fingerprint density at radius 1 is 1.58 bits per heavy atom. The van der Waals surface area contributed by atoms with Gasteiger partial charge >= 0.3 is 0 Å². The van der Waals surface area contributed by atoms with Gasteiger partial charge in [-0.2, -0.15) is 10.2 Å². The van der Waals surface area contributed by atoms with E-state index in [1.807, 2.05) is 11.6 Å². The molecule has 8 heteroatoms. The second-order valence-electron chi connectivity index (χ2n) is 4.29. The van der Waals surface area contributed by atoms with E-state index >= 15 is 0 Å². The third-order valence-electron chi connectivity index (χ3n) is 3.06. The van der Waals surface area contributed by atoms with Crippen LogP contribution >= 0.6 is 35.6 Å². The normalized spacial score (nSPS) is 14.4. The molecular formula is C11H12ClN5S2. The molecule has 19 heavy (non-hydrogen) atoms. The number of halogens is 1. The first kappa shape index (κ1) is 13.0. The fourth-order valence-corrected chi connectivity index (χ4v) is 3.63. The summed E-state index contributed by atoms with van der Waals surface area (Å²) < 4.78 is 3.64. The van der Waals surface area contributed by atoms with Gasteiger partial charge in [-0.3, -0.25) is 4.68 Å². The van der Waals surface area contributed by atoms with Crippen molar-refractivity contribution < 1.29 is 0 Å². The van der Waals surface area contributed by atoms with E-state index in [0.29, 0.717) is 15.8 Å². The number of thiocarbonyl (C=S) groups is 1. The SMILES string of the molecule is Cc1c(C(N)=S)cnn1-c1nn2c(c1Cl)SCCC2. The number of aromatic nitrogens is 4. The Hall–Kier alpha value is -1.05. The topological polar surface area (TPSA) is 61.7 Å². The molecule has 0 unspecified atom stereocenters. The van der Waals surface area contributed by atoms with Gasteiger partial charge in [0, 0.05) is 12.3 Å². The predicted molar refractivity (Wildman–Crippen MR) is 80.3 cm³/mol. The maximum Gasteiger partial charge on any atom is 0.195 e. The van der Waals surface area contributed by atoms with Gasteiger partial charge in [-0.25, -0.2) is 4.68 Å². The molecule has 5 nitrogen and oxygen atoms in total. The van der Waals surface area contributed by atoms with Crippen molar-refractivity contribution in [1.82, 2.24) is 19.6 Å². The van der Waals surface area contributed by atoms with Crippen LogP contribution < -0.4 is 5.73 Å². The molecule has 1 aliphatic rings. The third kappa shape index (κ3) is 2.05. The van der Waals surface area contributed by atoms with E-state index in [4.69, 9.17) is 29.6 Å². The van der Waals surface area contributed by atoms with Gasteiger partial charge in [0.05, 0.1) is 17.5 Å². The van der Waals surface area contributed by atoms with Crippen molar-refractivity contribution >= 4 is 40.6 Å². The van der Waals surface area contributed by atoms with Crippen molar-refractivity contribution in [2.45, 2.75) is 24.9 Å². The second-order valence-corrected chi connectivity index (χ2v) is 6.19. The second kappa shape index (κ2) is 4.81. The zero-order valence-electron chi connectivity index (χ0n) is 10.3. The number of aryl methyl sites for hydroxylation is 1. The molecule has 0 aliphatic carbocycles. The molecule has 0 amide bonds. The zero-order chi connectivity index (χ0) is 13.6. The van der Waals surface area contributed by atoms with Crippen molar-refractivity contribution in [3.8, 4) is 5.82 Å². The van der Waals surface area contributed by atoms with Crippen molar-refractivity contribution in [3.05, 3.63) is 22.5 Å². The molecule has 100 valence electrons. The highest BCUT2D eigenvalue weighted by atomic mass is 35.5. The molecule has 1 aliphatic heterocycles. The molecule has 2 aromatic rings. The zero-order valence-corrected chi connectivity index (χ0v) is 12.6. The molecule has 2 N–H and O–H groups in total. The highest BCUT2D eigenvalue weighted by Crippen LogP contribution is 2.35. The molecule has 0 aromatic carbocycles. The van der Waals surface area contributed by atoms with Gasteiger partial charge < -0.3 is 5.73 Å². The minimum absolute atomic E-state index is 0.332. The molecule has 0 saturated carbocycles. The van der Waals surface area contributed by atoms with E-state index in [1.165, 1.54) is 0 Å². The van der Waals surface area contributed by atoms with Gasteiger partial charge in [-0.15, -0.1) is 11.8 Å². The Balaban J connectivity index is 2.12. The van der Waals surface area contributed by atoms with E-state index in [1.54, 1.807) is 22.6 Å². The largest absolute Gasteiger partial charge is 0.389 e. The summed E-state index contributed by atoms with van der Waals surface area (Å²) in [6.45, 7) is 2.80. The van der Waals surface area contributed by atoms with Gasteiger partial charge in [0.15, 0.2) is 5.82 Å². The van der Waals surface area contributed by atoms with Crippen LogP contribution in [0.5, 0.6) is 0 Å². The van der Waals surface area contributed by atoms with Crippen molar-refractivity contribution in [2.75, 3.05) is 5.75 Å². The molecule has 2 aromatic heterocycles. The third-order valence-corrected chi connectivity index (χ3v) is 4.92. The lowest BCUT2D eigenvalue weighted by atomic mass is 10.2. The molecular weight excluding hydrogens is 302 g/mol. The standard InChI is InChI=1S/C11H12ClN5S2/c1-6-7(9(13)18)5-14-17(6)10-8(12)11-16(15-10)3-2-4-19-11/h5H,2-4H2,1H3,(H2,13,18). The molecule has 3 heterocycles. The van der Waals surface area contributed by atoms with Crippen molar-refractivity contribution in [2.24, 2.45) is 5.73 Å². The first-order valence-corrected chi connectivity index (χ1v) is 7.60. The van der Waals surface area contributed by atoms with Gasteiger partial charge in [0.1, 0.15) is 15.0 Å². The number of fused-ring (bicyclic) bond motifs is 1. The monoisotopic (exact) mass is 313 g/mol. The van der Waals surface area contributed by atoms with Crippen LogP contribution in [0.1, 0.15) is 17.7 Å². The first-order valence-electron chi connectivity index (χ1n) is 5.83. The summed E-state index contributed by atoms with van der Waals surface area (Å²) in [5.41, 5.74) is 7.27. The van der Waals surface area contributed by atoms with Crippen LogP contribution in [0.2, 0.25) is 5.02 Å². The van der Waals surface area contributed by atoms with Crippen molar-refractivity contribution in [3.63, 3.8) is 0 Å². The van der Waals surface area contributed by atoms with Crippen LogP contribution in [-0.4, -0.2) is 30.3 Å². The summed E-state index contributed by atoms with van der Waals surface area (Å²) in [4.78, 5) is 0.332. The summed E-state index contributed by atoms with van der Waals surface area (Å²) in [6, 6.07) is 0. The first-order chi connectivity index (χ1) is 9.09. The lowest BCUT2D eigenvalue weighted by Gasteiger charge is -2.11.